The van der Waals surface area contributed by atoms with Crippen molar-refractivity contribution in [2.75, 3.05) is 13.7 Å². The molecule has 150 valence electrons. The van der Waals surface area contributed by atoms with Crippen LogP contribution in [0.25, 0.3) is 0 Å². The molecule has 1 fully saturated rings. The molecule has 4 heteroatoms. The molecule has 0 heterocycles. The third-order valence-electron chi connectivity index (χ3n) is 5.92. The zero-order chi connectivity index (χ0) is 20.0. The first-order valence-corrected chi connectivity index (χ1v) is 10.1. The fraction of sp³-hybridized carbons (Fsp3) is 0.542. The first-order valence-electron chi connectivity index (χ1n) is 10.1. The number of hydrogen-bond donors (Lipinski definition) is 1. The zero-order valence-corrected chi connectivity index (χ0v) is 16.9. The molecule has 0 radical (unpaired) electrons. The number of rotatable bonds is 6. The Labute approximate surface area is 167 Å². The lowest BCUT2D eigenvalue weighted by Crippen LogP contribution is -2.21. The van der Waals surface area contributed by atoms with Gasteiger partial charge in [0.1, 0.15) is 12.4 Å². The average Bonchev–Trinajstić information content (AvgIpc) is 3.06. The predicted molar refractivity (Wildman–Crippen MR) is 109 cm³/mol. The molecule has 0 aromatic heterocycles. The average molecular weight is 383 g/mol. The molecule has 0 amide bonds. The number of ether oxygens (including phenoxy) is 2. The lowest BCUT2D eigenvalue weighted by atomic mass is 9.75. The van der Waals surface area contributed by atoms with Crippen molar-refractivity contribution in [1.82, 2.24) is 0 Å². The Hall–Kier alpha value is -2.25. The number of aliphatic hydroxyl groups is 1. The van der Waals surface area contributed by atoms with Crippen molar-refractivity contribution in [3.05, 3.63) is 41.5 Å². The molecule has 3 rings (SSSR count). The van der Waals surface area contributed by atoms with Crippen LogP contribution >= 0.6 is 0 Å². The molecule has 1 N–H and O–H groups in total. The molecule has 0 bridgehead atoms. The molecule has 3 atom stereocenters. The Morgan fingerprint density at radius 2 is 2.11 bits per heavy atom. The summed E-state index contributed by atoms with van der Waals surface area (Å²) in [7, 11) is 1.39. The highest BCUT2D eigenvalue weighted by Crippen LogP contribution is 2.47. The fourth-order valence-electron chi connectivity index (χ4n) is 4.49. The van der Waals surface area contributed by atoms with Crippen LogP contribution in [-0.4, -0.2) is 30.9 Å². The van der Waals surface area contributed by atoms with Gasteiger partial charge in [-0.3, -0.25) is 4.79 Å². The number of carbonyl (C=O) groups excluding carboxylic acids is 1. The summed E-state index contributed by atoms with van der Waals surface area (Å²) < 4.78 is 10.8. The summed E-state index contributed by atoms with van der Waals surface area (Å²) >= 11 is 0. The maximum absolute atomic E-state index is 11.6. The standard InChI is InChI=1S/C24H30O4/c1-3-5-20(14-23(26)27-2)19-7-9-22(10-8-19)28-17-18-6-4-12-24(15-18)13-11-21(25)16-24/h7-10,15,20-21,25H,4,6,11-14,16-17H2,1-2H3/t20-,21-,24+/m0/s1. The molecule has 0 unspecified atom stereocenters. The van der Waals surface area contributed by atoms with Crippen molar-refractivity contribution >= 4 is 5.97 Å². The summed E-state index contributed by atoms with van der Waals surface area (Å²) in [6.07, 6.45) is 8.81. The molecule has 0 saturated heterocycles. The molecule has 2 aliphatic carbocycles. The van der Waals surface area contributed by atoms with Gasteiger partial charge >= 0.3 is 5.97 Å². The summed E-state index contributed by atoms with van der Waals surface area (Å²) in [5.74, 6) is 6.36. The largest absolute Gasteiger partial charge is 0.489 e. The van der Waals surface area contributed by atoms with Gasteiger partial charge in [-0.1, -0.05) is 24.1 Å². The molecule has 28 heavy (non-hydrogen) atoms. The normalized spacial score (nSPS) is 24.8. The quantitative estimate of drug-likeness (QED) is 0.451. The molecular formula is C24H30O4. The predicted octanol–water partition coefficient (Wildman–Crippen LogP) is 4.38. The van der Waals surface area contributed by atoms with Crippen molar-refractivity contribution in [3.8, 4) is 17.6 Å². The third kappa shape index (κ3) is 5.17. The molecule has 1 spiro atoms. The van der Waals surface area contributed by atoms with Crippen LogP contribution < -0.4 is 4.74 Å². The van der Waals surface area contributed by atoms with Gasteiger partial charge < -0.3 is 14.6 Å². The summed E-state index contributed by atoms with van der Waals surface area (Å²) in [5.41, 5.74) is 2.52. The van der Waals surface area contributed by atoms with Crippen LogP contribution in [0.1, 0.15) is 63.4 Å². The van der Waals surface area contributed by atoms with Gasteiger partial charge in [-0.2, -0.15) is 0 Å². The number of carbonyl (C=O) groups is 1. The van der Waals surface area contributed by atoms with Gasteiger partial charge in [-0.25, -0.2) is 0 Å². The van der Waals surface area contributed by atoms with E-state index in [-0.39, 0.29) is 29.8 Å². The van der Waals surface area contributed by atoms with Crippen molar-refractivity contribution in [3.63, 3.8) is 0 Å². The molecule has 2 aliphatic rings. The topological polar surface area (TPSA) is 55.8 Å². The molecule has 1 saturated carbocycles. The van der Waals surface area contributed by atoms with E-state index in [1.165, 1.54) is 25.5 Å². The van der Waals surface area contributed by atoms with Crippen LogP contribution in [0, 0.1) is 17.3 Å². The molecular weight excluding hydrogens is 352 g/mol. The summed E-state index contributed by atoms with van der Waals surface area (Å²) in [5, 5.41) is 9.92. The number of benzene rings is 1. The van der Waals surface area contributed by atoms with Gasteiger partial charge in [0.2, 0.25) is 0 Å². The Morgan fingerprint density at radius 3 is 2.75 bits per heavy atom. The van der Waals surface area contributed by atoms with Crippen molar-refractivity contribution in [1.29, 1.82) is 0 Å². The Morgan fingerprint density at radius 1 is 1.32 bits per heavy atom. The zero-order valence-electron chi connectivity index (χ0n) is 16.9. The maximum atomic E-state index is 11.6. The highest BCUT2D eigenvalue weighted by atomic mass is 16.5. The van der Waals surface area contributed by atoms with E-state index in [0.717, 1.165) is 37.0 Å². The van der Waals surface area contributed by atoms with Crippen molar-refractivity contribution in [2.24, 2.45) is 5.41 Å². The highest BCUT2D eigenvalue weighted by Gasteiger charge is 2.38. The van der Waals surface area contributed by atoms with E-state index < -0.39 is 0 Å². The van der Waals surface area contributed by atoms with Crippen molar-refractivity contribution in [2.45, 2.75) is 63.9 Å². The highest BCUT2D eigenvalue weighted by molar-refractivity contribution is 5.71. The van der Waals surface area contributed by atoms with Gasteiger partial charge in [0.25, 0.3) is 0 Å². The minimum Gasteiger partial charge on any atom is -0.489 e. The summed E-state index contributed by atoms with van der Waals surface area (Å²) in [4.78, 5) is 11.6. The Balaban J connectivity index is 1.61. The van der Waals surface area contributed by atoms with Crippen LogP contribution in [0.4, 0.5) is 0 Å². The molecule has 0 aliphatic heterocycles. The second-order valence-electron chi connectivity index (χ2n) is 8.00. The maximum Gasteiger partial charge on any atom is 0.307 e. The second-order valence-corrected chi connectivity index (χ2v) is 8.00. The van der Waals surface area contributed by atoms with Crippen LogP contribution in [0.3, 0.4) is 0 Å². The summed E-state index contributed by atoms with van der Waals surface area (Å²) in [6, 6.07) is 7.82. The monoisotopic (exact) mass is 382 g/mol. The van der Waals surface area contributed by atoms with E-state index in [0.29, 0.717) is 6.61 Å². The van der Waals surface area contributed by atoms with E-state index in [1.807, 2.05) is 24.3 Å². The summed E-state index contributed by atoms with van der Waals surface area (Å²) in [6.45, 7) is 2.37. The molecule has 4 nitrogen and oxygen atoms in total. The Bertz CT molecular complexity index is 768. The Kier molecular flexibility index (Phi) is 6.80. The van der Waals surface area contributed by atoms with E-state index in [1.54, 1.807) is 6.92 Å². The van der Waals surface area contributed by atoms with Gasteiger partial charge in [-0.15, -0.1) is 5.92 Å². The lowest BCUT2D eigenvalue weighted by Gasteiger charge is -2.31. The second kappa shape index (κ2) is 9.30. The number of esters is 1. The fourth-order valence-corrected chi connectivity index (χ4v) is 4.49. The number of methoxy groups -OCH3 is 1. The van der Waals surface area contributed by atoms with Crippen LogP contribution in [0.2, 0.25) is 0 Å². The SMILES string of the molecule is CC#C[C@@H](CC(=O)OC)c1ccc(OCC2=C[C@@]3(CCC2)CC[C@H](O)C3)cc1. The third-order valence-corrected chi connectivity index (χ3v) is 5.92. The van der Waals surface area contributed by atoms with E-state index in [9.17, 15) is 9.90 Å². The van der Waals surface area contributed by atoms with E-state index in [4.69, 9.17) is 9.47 Å². The van der Waals surface area contributed by atoms with Crippen molar-refractivity contribution < 1.29 is 19.4 Å². The van der Waals surface area contributed by atoms with E-state index in [2.05, 4.69) is 17.9 Å². The molecule has 1 aromatic rings. The minimum atomic E-state index is -0.261. The van der Waals surface area contributed by atoms with Crippen LogP contribution in [0.15, 0.2) is 35.9 Å². The van der Waals surface area contributed by atoms with Gasteiger partial charge in [0.15, 0.2) is 0 Å². The number of allylic oxidation sites excluding steroid dienone is 1. The smallest absolute Gasteiger partial charge is 0.307 e. The first kappa shape index (κ1) is 20.5. The molecule has 1 aromatic carbocycles. The van der Waals surface area contributed by atoms with E-state index >= 15 is 0 Å². The van der Waals surface area contributed by atoms with Gasteiger partial charge in [0.05, 0.1) is 25.6 Å². The number of aliphatic hydroxyl groups excluding tert-OH is 1. The first-order chi connectivity index (χ1) is 13.5. The van der Waals surface area contributed by atoms with Crippen LogP contribution in [0.5, 0.6) is 5.75 Å². The van der Waals surface area contributed by atoms with Gasteiger partial charge in [-0.05, 0) is 74.1 Å². The van der Waals surface area contributed by atoms with Gasteiger partial charge in [0, 0.05) is 0 Å². The number of hydrogen-bond acceptors (Lipinski definition) is 4. The lowest BCUT2D eigenvalue weighted by molar-refractivity contribution is -0.140. The van der Waals surface area contributed by atoms with Crippen LogP contribution in [-0.2, 0) is 9.53 Å². The minimum absolute atomic E-state index is 0.145.